The molecule has 1 amide bonds. The Hall–Kier alpha value is -1.39. The van der Waals surface area contributed by atoms with Crippen LogP contribution in [0.5, 0.6) is 0 Å². The minimum Gasteiger partial charge on any atom is -0.392 e. The monoisotopic (exact) mass is 304 g/mol. The zero-order valence-electron chi connectivity index (χ0n) is 13.7. The van der Waals surface area contributed by atoms with Crippen LogP contribution in [0.3, 0.4) is 0 Å². The maximum absolute atomic E-state index is 12.1. The molecule has 0 aliphatic carbocycles. The fraction of sp³-hybridized carbons (Fsp3) is 0.611. The summed E-state index contributed by atoms with van der Waals surface area (Å²) in [6.45, 7) is 5.87. The minimum atomic E-state index is -0.375. The summed E-state index contributed by atoms with van der Waals surface area (Å²) in [5, 5.41) is 12.8. The molecule has 1 saturated heterocycles. The van der Waals surface area contributed by atoms with Crippen LogP contribution in [0.1, 0.15) is 37.3 Å². The average molecular weight is 304 g/mol. The fourth-order valence-corrected chi connectivity index (χ4v) is 3.23. The highest BCUT2D eigenvalue weighted by atomic mass is 16.3. The van der Waals surface area contributed by atoms with Gasteiger partial charge in [-0.15, -0.1) is 0 Å². The van der Waals surface area contributed by atoms with Crippen molar-refractivity contribution >= 4 is 5.91 Å². The lowest BCUT2D eigenvalue weighted by Crippen LogP contribution is -2.50. The molecule has 2 unspecified atom stereocenters. The smallest absolute Gasteiger partial charge is 0.234 e. The second-order valence-electron chi connectivity index (χ2n) is 6.30. The molecule has 1 fully saturated rings. The van der Waals surface area contributed by atoms with E-state index in [0.29, 0.717) is 13.1 Å². The zero-order chi connectivity index (χ0) is 15.9. The highest BCUT2D eigenvalue weighted by molar-refractivity contribution is 5.78. The number of hydrogen-bond donors (Lipinski definition) is 2. The van der Waals surface area contributed by atoms with Crippen LogP contribution >= 0.6 is 0 Å². The van der Waals surface area contributed by atoms with Crippen molar-refractivity contribution < 1.29 is 9.90 Å². The van der Waals surface area contributed by atoms with Gasteiger partial charge in [0.2, 0.25) is 5.91 Å². The van der Waals surface area contributed by atoms with Gasteiger partial charge in [0.25, 0.3) is 0 Å². The maximum Gasteiger partial charge on any atom is 0.234 e. The van der Waals surface area contributed by atoms with Crippen LogP contribution in [0, 0.1) is 6.92 Å². The fourth-order valence-electron chi connectivity index (χ4n) is 3.23. The summed E-state index contributed by atoms with van der Waals surface area (Å²) in [6.07, 6.45) is 3.72. The van der Waals surface area contributed by atoms with Gasteiger partial charge in [0.15, 0.2) is 0 Å². The highest BCUT2D eigenvalue weighted by Gasteiger charge is 2.27. The number of aliphatic hydroxyl groups is 1. The van der Waals surface area contributed by atoms with Crippen LogP contribution in [0.4, 0.5) is 0 Å². The number of benzene rings is 1. The van der Waals surface area contributed by atoms with Gasteiger partial charge in [-0.05, 0) is 50.8 Å². The maximum atomic E-state index is 12.1. The summed E-state index contributed by atoms with van der Waals surface area (Å²) in [7, 11) is 0. The number of likely N-dealkylation sites (tertiary alicyclic amines) is 1. The summed E-state index contributed by atoms with van der Waals surface area (Å²) in [5.74, 6) is 0.0566. The van der Waals surface area contributed by atoms with Crippen LogP contribution in [-0.4, -0.2) is 47.7 Å². The molecule has 0 aromatic heterocycles. The van der Waals surface area contributed by atoms with E-state index in [1.165, 1.54) is 11.1 Å². The van der Waals surface area contributed by atoms with Gasteiger partial charge in [-0.2, -0.15) is 0 Å². The van der Waals surface area contributed by atoms with Crippen LogP contribution in [0.2, 0.25) is 0 Å². The molecular weight excluding hydrogens is 276 g/mol. The molecule has 4 nitrogen and oxygen atoms in total. The molecule has 0 radical (unpaired) electrons. The molecular formula is C18H28N2O2. The Morgan fingerprint density at radius 2 is 2.18 bits per heavy atom. The summed E-state index contributed by atoms with van der Waals surface area (Å²) in [4.78, 5) is 14.2. The number of carbonyl (C=O) groups excluding carboxylic acids is 1. The van der Waals surface area contributed by atoms with Crippen molar-refractivity contribution in [3.63, 3.8) is 0 Å². The van der Waals surface area contributed by atoms with Gasteiger partial charge in [-0.1, -0.05) is 30.7 Å². The number of hydrogen-bond acceptors (Lipinski definition) is 3. The Labute approximate surface area is 133 Å². The van der Waals surface area contributed by atoms with Gasteiger partial charge < -0.3 is 10.4 Å². The molecule has 22 heavy (non-hydrogen) atoms. The molecule has 4 heteroatoms. The first kappa shape index (κ1) is 17.0. The SMILES string of the molecule is Cc1ccccc1CCNC(=O)CN1CCCCC1C(C)O. The second kappa shape index (κ2) is 8.30. The Balaban J connectivity index is 1.76. The van der Waals surface area contributed by atoms with E-state index in [-0.39, 0.29) is 18.1 Å². The number of aryl methyl sites for hydroxylation is 1. The number of aliphatic hydroxyl groups excluding tert-OH is 1. The first-order valence-corrected chi connectivity index (χ1v) is 8.31. The van der Waals surface area contributed by atoms with Gasteiger partial charge in [0.1, 0.15) is 0 Å². The van der Waals surface area contributed by atoms with E-state index in [9.17, 15) is 9.90 Å². The van der Waals surface area contributed by atoms with Crippen molar-refractivity contribution in [3.8, 4) is 0 Å². The third-order valence-electron chi connectivity index (χ3n) is 4.55. The summed E-state index contributed by atoms with van der Waals surface area (Å²) in [6, 6.07) is 8.39. The number of rotatable bonds is 6. The van der Waals surface area contributed by atoms with Crippen LogP contribution < -0.4 is 5.32 Å². The van der Waals surface area contributed by atoms with Crippen LogP contribution in [-0.2, 0) is 11.2 Å². The minimum absolute atomic E-state index is 0.0566. The second-order valence-corrected chi connectivity index (χ2v) is 6.30. The van der Waals surface area contributed by atoms with E-state index in [0.717, 1.165) is 32.2 Å². The zero-order valence-corrected chi connectivity index (χ0v) is 13.7. The lowest BCUT2D eigenvalue weighted by Gasteiger charge is -2.36. The van der Waals surface area contributed by atoms with E-state index in [1.54, 1.807) is 0 Å². The quantitative estimate of drug-likeness (QED) is 0.844. The number of carbonyl (C=O) groups is 1. The Kier molecular flexibility index (Phi) is 6.40. The lowest BCUT2D eigenvalue weighted by molar-refractivity contribution is -0.123. The topological polar surface area (TPSA) is 52.6 Å². The average Bonchev–Trinajstić information content (AvgIpc) is 2.49. The first-order valence-electron chi connectivity index (χ1n) is 8.31. The number of nitrogens with one attached hydrogen (secondary N) is 1. The van der Waals surface area contributed by atoms with Gasteiger partial charge in [0, 0.05) is 12.6 Å². The van der Waals surface area contributed by atoms with E-state index in [4.69, 9.17) is 0 Å². The Morgan fingerprint density at radius 3 is 2.91 bits per heavy atom. The molecule has 2 atom stereocenters. The molecule has 0 saturated carbocycles. The molecule has 0 bridgehead atoms. The Bertz CT molecular complexity index is 488. The summed E-state index contributed by atoms with van der Waals surface area (Å²) in [5.41, 5.74) is 2.55. The number of nitrogens with zero attached hydrogens (tertiary/aromatic N) is 1. The Morgan fingerprint density at radius 1 is 1.41 bits per heavy atom. The summed E-state index contributed by atoms with van der Waals surface area (Å²) < 4.78 is 0. The van der Waals surface area contributed by atoms with Crippen molar-refractivity contribution in [1.82, 2.24) is 10.2 Å². The van der Waals surface area contributed by atoms with Crippen molar-refractivity contribution in [3.05, 3.63) is 35.4 Å². The first-order chi connectivity index (χ1) is 10.6. The molecule has 1 aliphatic heterocycles. The summed E-state index contributed by atoms with van der Waals surface area (Å²) >= 11 is 0. The van der Waals surface area contributed by atoms with Gasteiger partial charge >= 0.3 is 0 Å². The molecule has 0 spiro atoms. The molecule has 1 heterocycles. The molecule has 2 N–H and O–H groups in total. The molecule has 2 rings (SSSR count). The van der Waals surface area contributed by atoms with Crippen molar-refractivity contribution in [2.45, 2.75) is 51.7 Å². The van der Waals surface area contributed by atoms with E-state index >= 15 is 0 Å². The van der Waals surface area contributed by atoms with Crippen molar-refractivity contribution in [2.75, 3.05) is 19.6 Å². The largest absolute Gasteiger partial charge is 0.392 e. The van der Waals surface area contributed by atoms with E-state index in [1.807, 2.05) is 19.1 Å². The predicted octanol–water partition coefficient (Wildman–Crippen LogP) is 1.89. The van der Waals surface area contributed by atoms with Gasteiger partial charge in [-0.3, -0.25) is 9.69 Å². The van der Waals surface area contributed by atoms with Crippen LogP contribution in [0.25, 0.3) is 0 Å². The van der Waals surface area contributed by atoms with Gasteiger partial charge in [-0.25, -0.2) is 0 Å². The lowest BCUT2D eigenvalue weighted by atomic mass is 9.98. The number of piperidine rings is 1. The number of amides is 1. The standard InChI is InChI=1S/C18H28N2O2/c1-14-7-3-4-8-16(14)10-11-19-18(22)13-20-12-6-5-9-17(20)15(2)21/h3-4,7-8,15,17,21H,5-6,9-13H2,1-2H3,(H,19,22). The van der Waals surface area contributed by atoms with E-state index < -0.39 is 0 Å². The van der Waals surface area contributed by atoms with E-state index in [2.05, 4.69) is 29.3 Å². The third kappa shape index (κ3) is 4.82. The molecule has 1 aliphatic rings. The molecule has 1 aromatic carbocycles. The van der Waals surface area contributed by atoms with Crippen molar-refractivity contribution in [2.24, 2.45) is 0 Å². The normalized spacial score (nSPS) is 20.6. The highest BCUT2D eigenvalue weighted by Crippen LogP contribution is 2.19. The molecule has 1 aromatic rings. The van der Waals surface area contributed by atoms with Crippen molar-refractivity contribution in [1.29, 1.82) is 0 Å². The predicted molar refractivity (Wildman–Crippen MR) is 88.8 cm³/mol. The molecule has 122 valence electrons. The van der Waals surface area contributed by atoms with Gasteiger partial charge in [0.05, 0.1) is 12.6 Å². The van der Waals surface area contributed by atoms with Crippen LogP contribution in [0.15, 0.2) is 24.3 Å². The third-order valence-corrected chi connectivity index (χ3v) is 4.55.